The van der Waals surface area contributed by atoms with Crippen molar-refractivity contribution in [3.63, 3.8) is 0 Å². The summed E-state index contributed by atoms with van der Waals surface area (Å²) < 4.78 is 4.77. The number of halogens is 1. The zero-order chi connectivity index (χ0) is 12.3. The molecule has 0 spiro atoms. The molecule has 2 N–H and O–H groups in total. The van der Waals surface area contributed by atoms with Crippen LogP contribution in [-0.2, 0) is 9.53 Å². The Morgan fingerprint density at radius 3 is 2.47 bits per heavy atom. The second-order valence-corrected chi connectivity index (χ2v) is 4.61. The molecule has 1 rings (SSSR count). The minimum atomic E-state index is -0.720. The van der Waals surface area contributed by atoms with Gasteiger partial charge in [-0.15, -0.1) is 12.4 Å². The Balaban J connectivity index is 0.00000256. The number of methoxy groups -OCH3 is 1. The van der Waals surface area contributed by atoms with Crippen LogP contribution < -0.4 is 5.73 Å². The number of carbonyl (C=O) groups is 1. The SMILES string of the molecule is COC(=O)C(C)(C)[C@H](N)c1cccc(C)c1.Cl. The van der Waals surface area contributed by atoms with Crippen LogP contribution in [0.15, 0.2) is 24.3 Å². The molecule has 0 saturated heterocycles. The zero-order valence-corrected chi connectivity index (χ0v) is 11.5. The Bertz CT molecular complexity index is 391. The number of esters is 1. The van der Waals surface area contributed by atoms with Gasteiger partial charge in [-0.2, -0.15) is 0 Å². The summed E-state index contributed by atoms with van der Waals surface area (Å²) in [5, 5.41) is 0. The number of aryl methyl sites for hydroxylation is 1. The van der Waals surface area contributed by atoms with Crippen molar-refractivity contribution in [1.29, 1.82) is 0 Å². The fraction of sp³-hybridized carbons (Fsp3) is 0.462. The molecule has 0 aliphatic heterocycles. The van der Waals surface area contributed by atoms with Gasteiger partial charge < -0.3 is 10.5 Å². The van der Waals surface area contributed by atoms with Gasteiger partial charge in [-0.05, 0) is 26.3 Å². The predicted octanol–water partition coefficient (Wildman–Crippen LogP) is 2.62. The fourth-order valence-electron chi connectivity index (χ4n) is 1.67. The van der Waals surface area contributed by atoms with Crippen molar-refractivity contribution >= 4 is 18.4 Å². The first-order chi connectivity index (χ1) is 7.39. The van der Waals surface area contributed by atoms with E-state index in [4.69, 9.17) is 10.5 Å². The Hall–Kier alpha value is -1.06. The van der Waals surface area contributed by atoms with E-state index in [0.717, 1.165) is 11.1 Å². The van der Waals surface area contributed by atoms with Gasteiger partial charge in [-0.1, -0.05) is 29.8 Å². The molecule has 4 heteroatoms. The largest absolute Gasteiger partial charge is 0.469 e. The number of nitrogens with two attached hydrogens (primary N) is 1. The normalized spacial score (nSPS) is 12.5. The van der Waals surface area contributed by atoms with Crippen molar-refractivity contribution in [2.75, 3.05) is 7.11 Å². The zero-order valence-electron chi connectivity index (χ0n) is 10.7. The lowest BCUT2D eigenvalue weighted by Gasteiger charge is -2.29. The Labute approximate surface area is 109 Å². The smallest absolute Gasteiger partial charge is 0.313 e. The second-order valence-electron chi connectivity index (χ2n) is 4.61. The minimum absolute atomic E-state index is 0. The number of hydrogen-bond acceptors (Lipinski definition) is 3. The predicted molar refractivity (Wildman–Crippen MR) is 71.2 cm³/mol. The molecule has 0 aromatic heterocycles. The highest BCUT2D eigenvalue weighted by atomic mass is 35.5. The highest BCUT2D eigenvalue weighted by molar-refractivity contribution is 5.85. The van der Waals surface area contributed by atoms with Crippen LogP contribution >= 0.6 is 12.4 Å². The number of carbonyl (C=O) groups excluding carboxylic acids is 1. The summed E-state index contributed by atoms with van der Waals surface area (Å²) in [5.41, 5.74) is 7.48. The molecule has 0 fully saturated rings. The average Bonchev–Trinajstić information content (AvgIpc) is 2.26. The lowest BCUT2D eigenvalue weighted by atomic mass is 9.81. The van der Waals surface area contributed by atoms with Crippen LogP contribution in [0.2, 0.25) is 0 Å². The highest BCUT2D eigenvalue weighted by Gasteiger charge is 2.36. The van der Waals surface area contributed by atoms with Crippen LogP contribution in [0.5, 0.6) is 0 Å². The lowest BCUT2D eigenvalue weighted by molar-refractivity contribution is -0.152. The summed E-state index contributed by atoms with van der Waals surface area (Å²) >= 11 is 0. The van der Waals surface area contributed by atoms with Crippen molar-refractivity contribution in [2.45, 2.75) is 26.8 Å². The molecule has 0 unspecified atom stereocenters. The van der Waals surface area contributed by atoms with Crippen molar-refractivity contribution in [3.8, 4) is 0 Å². The summed E-state index contributed by atoms with van der Waals surface area (Å²) in [5.74, 6) is -0.290. The van der Waals surface area contributed by atoms with Crippen molar-refractivity contribution < 1.29 is 9.53 Å². The number of benzene rings is 1. The summed E-state index contributed by atoms with van der Waals surface area (Å²) in [6.45, 7) is 5.60. The van der Waals surface area contributed by atoms with Gasteiger partial charge in [-0.3, -0.25) is 4.79 Å². The Morgan fingerprint density at radius 2 is 2.00 bits per heavy atom. The van der Waals surface area contributed by atoms with Crippen LogP contribution in [0.4, 0.5) is 0 Å². The van der Waals surface area contributed by atoms with E-state index < -0.39 is 5.41 Å². The Kier molecular flexibility index (Phi) is 5.66. The van der Waals surface area contributed by atoms with Crippen molar-refractivity contribution in [2.24, 2.45) is 11.1 Å². The topological polar surface area (TPSA) is 52.3 Å². The van der Waals surface area contributed by atoms with E-state index in [2.05, 4.69) is 0 Å². The van der Waals surface area contributed by atoms with E-state index in [-0.39, 0.29) is 24.4 Å². The van der Waals surface area contributed by atoms with Gasteiger partial charge in [0.2, 0.25) is 0 Å². The molecule has 1 aromatic rings. The summed E-state index contributed by atoms with van der Waals surface area (Å²) in [6.07, 6.45) is 0. The average molecular weight is 258 g/mol. The fourth-order valence-corrected chi connectivity index (χ4v) is 1.67. The molecule has 0 heterocycles. The summed E-state index contributed by atoms with van der Waals surface area (Å²) in [4.78, 5) is 11.6. The number of ether oxygens (including phenoxy) is 1. The van der Waals surface area contributed by atoms with E-state index in [9.17, 15) is 4.79 Å². The minimum Gasteiger partial charge on any atom is -0.469 e. The molecular weight excluding hydrogens is 238 g/mol. The van der Waals surface area contributed by atoms with E-state index >= 15 is 0 Å². The molecule has 0 aliphatic carbocycles. The van der Waals surface area contributed by atoms with Gasteiger partial charge in [0.05, 0.1) is 12.5 Å². The van der Waals surface area contributed by atoms with Crippen molar-refractivity contribution in [3.05, 3.63) is 35.4 Å². The van der Waals surface area contributed by atoms with E-state index in [1.165, 1.54) is 7.11 Å². The van der Waals surface area contributed by atoms with Crippen LogP contribution in [0.25, 0.3) is 0 Å². The van der Waals surface area contributed by atoms with Crippen LogP contribution in [-0.4, -0.2) is 13.1 Å². The first-order valence-corrected chi connectivity index (χ1v) is 5.30. The maximum Gasteiger partial charge on any atom is 0.313 e. The summed E-state index contributed by atoms with van der Waals surface area (Å²) in [6, 6.07) is 7.51. The third kappa shape index (κ3) is 3.45. The Morgan fingerprint density at radius 1 is 1.41 bits per heavy atom. The quantitative estimate of drug-likeness (QED) is 0.847. The third-order valence-electron chi connectivity index (χ3n) is 2.89. The molecule has 0 aliphatic rings. The van der Waals surface area contributed by atoms with Gasteiger partial charge in [0.15, 0.2) is 0 Å². The molecule has 17 heavy (non-hydrogen) atoms. The third-order valence-corrected chi connectivity index (χ3v) is 2.89. The molecule has 96 valence electrons. The van der Waals surface area contributed by atoms with E-state index in [1.807, 2.05) is 31.2 Å². The van der Waals surface area contributed by atoms with E-state index in [1.54, 1.807) is 13.8 Å². The second kappa shape index (κ2) is 6.03. The van der Waals surface area contributed by atoms with Crippen LogP contribution in [0, 0.1) is 12.3 Å². The maximum absolute atomic E-state index is 11.6. The monoisotopic (exact) mass is 257 g/mol. The summed E-state index contributed by atoms with van der Waals surface area (Å²) in [7, 11) is 1.38. The van der Waals surface area contributed by atoms with Gasteiger partial charge in [-0.25, -0.2) is 0 Å². The molecule has 0 bridgehead atoms. The van der Waals surface area contributed by atoms with Crippen LogP contribution in [0.1, 0.15) is 31.0 Å². The van der Waals surface area contributed by atoms with Gasteiger partial charge in [0.1, 0.15) is 0 Å². The van der Waals surface area contributed by atoms with Gasteiger partial charge >= 0.3 is 5.97 Å². The number of rotatable bonds is 3. The molecule has 1 atom stereocenters. The first-order valence-electron chi connectivity index (χ1n) is 5.30. The number of hydrogen-bond donors (Lipinski definition) is 1. The molecule has 0 saturated carbocycles. The molecule has 0 radical (unpaired) electrons. The van der Waals surface area contributed by atoms with E-state index in [0.29, 0.717) is 0 Å². The molecule has 3 nitrogen and oxygen atoms in total. The highest BCUT2D eigenvalue weighted by Crippen LogP contribution is 2.32. The van der Waals surface area contributed by atoms with Gasteiger partial charge in [0.25, 0.3) is 0 Å². The lowest BCUT2D eigenvalue weighted by Crippen LogP contribution is -2.37. The maximum atomic E-state index is 11.6. The molecule has 0 amide bonds. The molecule has 1 aromatic carbocycles. The van der Waals surface area contributed by atoms with Crippen LogP contribution in [0.3, 0.4) is 0 Å². The van der Waals surface area contributed by atoms with Crippen molar-refractivity contribution in [1.82, 2.24) is 0 Å². The molecular formula is C13H20ClNO2. The van der Waals surface area contributed by atoms with Gasteiger partial charge in [0, 0.05) is 6.04 Å². The standard InChI is InChI=1S/C13H19NO2.ClH/c1-9-6-5-7-10(8-9)11(14)13(2,3)12(15)16-4;/h5-8,11H,14H2,1-4H3;1H/t11-;/m1./s1. The first kappa shape index (κ1) is 15.9.